The number of halogens is 3. The van der Waals surface area contributed by atoms with Crippen LogP contribution in [0.4, 0.5) is 13.2 Å². The normalized spacial score (nSPS) is 12.1. The van der Waals surface area contributed by atoms with Crippen molar-refractivity contribution in [2.75, 3.05) is 7.05 Å². The summed E-state index contributed by atoms with van der Waals surface area (Å²) in [5.41, 5.74) is 0.746. The Hall–Kier alpha value is -3.33. The Morgan fingerprint density at radius 1 is 1.03 bits per heavy atom. The molecule has 2 amide bonds. The van der Waals surface area contributed by atoms with Crippen LogP contribution in [0, 0.1) is 0 Å². The SMILES string of the molecule is CN(Cc1ccccc1OC(F)(F)F)C(=O)[C@@H](NC(=O)c1cccs1)c1ccccc1. The molecule has 0 fully saturated rings. The monoisotopic (exact) mass is 448 g/mol. The van der Waals surface area contributed by atoms with E-state index in [0.717, 1.165) is 0 Å². The second-order valence-electron chi connectivity index (χ2n) is 6.64. The molecule has 1 aromatic heterocycles. The number of amides is 2. The van der Waals surface area contributed by atoms with E-state index in [1.54, 1.807) is 53.9 Å². The van der Waals surface area contributed by atoms with Gasteiger partial charge < -0.3 is 15.0 Å². The number of thiophene rings is 1. The maximum Gasteiger partial charge on any atom is 0.573 e. The predicted molar refractivity (Wildman–Crippen MR) is 111 cm³/mol. The Balaban J connectivity index is 1.82. The highest BCUT2D eigenvalue weighted by molar-refractivity contribution is 7.12. The molecular formula is C22H19F3N2O3S. The number of hydrogen-bond donors (Lipinski definition) is 1. The Morgan fingerprint density at radius 2 is 1.71 bits per heavy atom. The number of carbonyl (C=O) groups excluding carboxylic acids is 2. The lowest BCUT2D eigenvalue weighted by atomic mass is 10.0. The molecule has 1 heterocycles. The van der Waals surface area contributed by atoms with Gasteiger partial charge in [0, 0.05) is 19.2 Å². The number of rotatable bonds is 7. The molecule has 3 aromatic rings. The van der Waals surface area contributed by atoms with E-state index < -0.39 is 24.2 Å². The van der Waals surface area contributed by atoms with Gasteiger partial charge in [-0.15, -0.1) is 24.5 Å². The first-order valence-corrected chi connectivity index (χ1v) is 10.1. The van der Waals surface area contributed by atoms with Crippen LogP contribution in [0.25, 0.3) is 0 Å². The van der Waals surface area contributed by atoms with Crippen molar-refractivity contribution in [2.45, 2.75) is 18.9 Å². The van der Waals surface area contributed by atoms with Gasteiger partial charge in [-0.25, -0.2) is 0 Å². The van der Waals surface area contributed by atoms with E-state index >= 15 is 0 Å². The van der Waals surface area contributed by atoms with Crippen LogP contribution < -0.4 is 10.1 Å². The molecule has 2 aromatic carbocycles. The van der Waals surface area contributed by atoms with Gasteiger partial charge in [0.15, 0.2) is 0 Å². The molecule has 0 saturated heterocycles. The summed E-state index contributed by atoms with van der Waals surface area (Å²) in [4.78, 5) is 27.5. The van der Waals surface area contributed by atoms with E-state index in [0.29, 0.717) is 10.4 Å². The number of nitrogens with zero attached hydrogens (tertiary/aromatic N) is 1. The minimum absolute atomic E-state index is 0.136. The standard InChI is InChI=1S/C22H19F3N2O3S/c1-27(14-16-10-5-6-11-17(16)30-22(23,24)25)21(29)19(15-8-3-2-4-9-15)26-20(28)18-12-7-13-31-18/h2-13,19H,14H2,1H3,(H,26,28)/t19-/m0/s1. The largest absolute Gasteiger partial charge is 0.573 e. The summed E-state index contributed by atoms with van der Waals surface area (Å²) in [5.74, 6) is -1.27. The summed E-state index contributed by atoms with van der Waals surface area (Å²) < 4.78 is 42.2. The number of likely N-dealkylation sites (N-methyl/N-ethyl adjacent to an activating group) is 1. The molecule has 0 aliphatic rings. The number of benzene rings is 2. The number of hydrogen-bond acceptors (Lipinski definition) is 4. The number of nitrogens with one attached hydrogen (secondary N) is 1. The van der Waals surface area contributed by atoms with Crippen molar-refractivity contribution < 1.29 is 27.5 Å². The highest BCUT2D eigenvalue weighted by Gasteiger charge is 2.32. The summed E-state index contributed by atoms with van der Waals surface area (Å²) in [5, 5.41) is 4.47. The zero-order valence-electron chi connectivity index (χ0n) is 16.4. The van der Waals surface area contributed by atoms with Gasteiger partial charge in [-0.3, -0.25) is 9.59 Å². The first kappa shape index (κ1) is 22.4. The molecule has 0 bridgehead atoms. The highest BCUT2D eigenvalue weighted by Crippen LogP contribution is 2.27. The molecule has 5 nitrogen and oxygen atoms in total. The van der Waals surface area contributed by atoms with Gasteiger partial charge in [0.25, 0.3) is 5.91 Å². The van der Waals surface area contributed by atoms with Gasteiger partial charge in [0.1, 0.15) is 11.8 Å². The maximum atomic E-state index is 13.2. The fraction of sp³-hybridized carbons (Fsp3) is 0.182. The first-order chi connectivity index (χ1) is 14.7. The molecule has 3 rings (SSSR count). The van der Waals surface area contributed by atoms with Crippen molar-refractivity contribution >= 4 is 23.2 Å². The molecule has 0 spiro atoms. The van der Waals surface area contributed by atoms with Crippen LogP contribution in [0.15, 0.2) is 72.1 Å². The van der Waals surface area contributed by atoms with Gasteiger partial charge in [0.05, 0.1) is 4.88 Å². The van der Waals surface area contributed by atoms with Gasteiger partial charge in [-0.1, -0.05) is 54.6 Å². The lowest BCUT2D eigenvalue weighted by Gasteiger charge is -2.25. The molecule has 1 N–H and O–H groups in total. The summed E-state index contributed by atoms with van der Waals surface area (Å²) in [6, 6.07) is 16.6. The summed E-state index contributed by atoms with van der Waals surface area (Å²) in [6.45, 7) is -0.136. The number of carbonyl (C=O) groups is 2. The average molecular weight is 448 g/mol. The molecule has 9 heteroatoms. The van der Waals surface area contributed by atoms with Crippen molar-refractivity contribution in [1.82, 2.24) is 10.2 Å². The van der Waals surface area contributed by atoms with Crippen LogP contribution in [0.3, 0.4) is 0 Å². The fourth-order valence-electron chi connectivity index (χ4n) is 2.96. The van der Waals surface area contributed by atoms with Gasteiger partial charge in [0.2, 0.25) is 5.91 Å². The van der Waals surface area contributed by atoms with Crippen molar-refractivity contribution in [2.24, 2.45) is 0 Å². The van der Waals surface area contributed by atoms with Crippen LogP contribution >= 0.6 is 11.3 Å². The zero-order valence-corrected chi connectivity index (χ0v) is 17.2. The molecule has 162 valence electrons. The Morgan fingerprint density at radius 3 is 2.35 bits per heavy atom. The minimum atomic E-state index is -4.85. The molecule has 0 radical (unpaired) electrons. The molecule has 31 heavy (non-hydrogen) atoms. The maximum absolute atomic E-state index is 13.2. The fourth-order valence-corrected chi connectivity index (χ4v) is 3.58. The van der Waals surface area contributed by atoms with Crippen molar-refractivity contribution in [3.63, 3.8) is 0 Å². The average Bonchev–Trinajstić information content (AvgIpc) is 3.27. The Labute approximate surface area is 181 Å². The molecule has 0 aliphatic carbocycles. The number of alkyl halides is 3. The number of para-hydroxylation sites is 1. The molecule has 1 atom stereocenters. The van der Waals surface area contributed by atoms with E-state index in [1.807, 2.05) is 0 Å². The van der Waals surface area contributed by atoms with Crippen molar-refractivity contribution in [3.8, 4) is 5.75 Å². The summed E-state index contributed by atoms with van der Waals surface area (Å²) in [6.07, 6.45) is -4.85. The van der Waals surface area contributed by atoms with E-state index in [-0.39, 0.29) is 17.9 Å². The molecule has 0 saturated carbocycles. The van der Waals surface area contributed by atoms with Crippen LogP contribution in [0.5, 0.6) is 5.75 Å². The second kappa shape index (κ2) is 9.65. The van der Waals surface area contributed by atoms with Crippen molar-refractivity contribution in [1.29, 1.82) is 0 Å². The van der Waals surface area contributed by atoms with E-state index in [1.165, 1.54) is 41.5 Å². The van der Waals surface area contributed by atoms with Crippen LogP contribution in [0.1, 0.15) is 26.8 Å². The van der Waals surface area contributed by atoms with Crippen LogP contribution in [-0.4, -0.2) is 30.1 Å². The molecule has 0 aliphatic heterocycles. The lowest BCUT2D eigenvalue weighted by molar-refractivity contribution is -0.275. The Kier molecular flexibility index (Phi) is 6.96. The predicted octanol–water partition coefficient (Wildman–Crippen LogP) is 4.78. The van der Waals surface area contributed by atoms with E-state index in [2.05, 4.69) is 10.1 Å². The van der Waals surface area contributed by atoms with E-state index in [4.69, 9.17) is 0 Å². The van der Waals surface area contributed by atoms with Crippen molar-refractivity contribution in [3.05, 3.63) is 88.1 Å². The summed E-state index contributed by atoms with van der Waals surface area (Å²) in [7, 11) is 1.46. The topological polar surface area (TPSA) is 58.6 Å². The molecular weight excluding hydrogens is 429 g/mol. The summed E-state index contributed by atoms with van der Waals surface area (Å²) >= 11 is 1.24. The zero-order chi connectivity index (χ0) is 22.4. The smallest absolute Gasteiger partial charge is 0.405 e. The lowest BCUT2D eigenvalue weighted by Crippen LogP contribution is -2.41. The number of ether oxygens (including phenoxy) is 1. The van der Waals surface area contributed by atoms with Gasteiger partial charge >= 0.3 is 6.36 Å². The van der Waals surface area contributed by atoms with Crippen LogP contribution in [-0.2, 0) is 11.3 Å². The van der Waals surface area contributed by atoms with Gasteiger partial charge in [-0.2, -0.15) is 0 Å². The van der Waals surface area contributed by atoms with E-state index in [9.17, 15) is 22.8 Å². The third-order valence-electron chi connectivity index (χ3n) is 4.38. The quantitative estimate of drug-likeness (QED) is 0.566. The molecule has 0 unspecified atom stereocenters. The second-order valence-corrected chi connectivity index (χ2v) is 7.59. The van der Waals surface area contributed by atoms with Crippen LogP contribution in [0.2, 0.25) is 0 Å². The Bertz CT molecular complexity index is 1020. The van der Waals surface area contributed by atoms with Gasteiger partial charge in [-0.05, 0) is 23.1 Å². The first-order valence-electron chi connectivity index (χ1n) is 9.22. The third-order valence-corrected chi connectivity index (χ3v) is 5.25. The third kappa shape index (κ3) is 6.08. The highest BCUT2D eigenvalue weighted by atomic mass is 32.1. The minimum Gasteiger partial charge on any atom is -0.405 e.